The maximum absolute atomic E-state index is 12.8. The number of nitriles is 1. The maximum atomic E-state index is 12.8. The molecule has 1 aromatic heterocycles. The van der Waals surface area contributed by atoms with Gasteiger partial charge in [-0.1, -0.05) is 11.6 Å². The topological polar surface area (TPSA) is 115 Å². The average Bonchev–Trinajstić information content (AvgIpc) is 2.95. The summed E-state index contributed by atoms with van der Waals surface area (Å²) in [5.74, 6) is 1.27. The van der Waals surface area contributed by atoms with Crippen molar-refractivity contribution < 1.29 is 14.6 Å². The Morgan fingerprint density at radius 3 is 2.41 bits per heavy atom. The van der Waals surface area contributed by atoms with E-state index in [4.69, 9.17) is 21.6 Å². The van der Waals surface area contributed by atoms with Gasteiger partial charge in [-0.2, -0.15) is 5.26 Å². The number of aromatic nitrogens is 2. The third-order valence-corrected chi connectivity index (χ3v) is 8.96. The second-order valence-electron chi connectivity index (χ2n) is 11.3. The molecule has 1 amide bonds. The van der Waals surface area contributed by atoms with E-state index in [0.717, 1.165) is 83.4 Å². The van der Waals surface area contributed by atoms with Crippen molar-refractivity contribution in [1.82, 2.24) is 20.4 Å². The van der Waals surface area contributed by atoms with E-state index in [0.29, 0.717) is 22.0 Å². The highest BCUT2D eigenvalue weighted by Gasteiger charge is 2.37. The van der Waals surface area contributed by atoms with Crippen LogP contribution in [-0.2, 0) is 0 Å². The van der Waals surface area contributed by atoms with Gasteiger partial charge >= 0.3 is 0 Å². The predicted octanol–water partition coefficient (Wildman–Crippen LogP) is 3.94. The highest BCUT2D eigenvalue weighted by atomic mass is 35.5. The second kappa shape index (κ2) is 12.1. The molecule has 0 spiro atoms. The molecule has 0 unspecified atom stereocenters. The van der Waals surface area contributed by atoms with Crippen LogP contribution in [0.2, 0.25) is 5.02 Å². The van der Waals surface area contributed by atoms with Gasteiger partial charge in [-0.25, -0.2) is 0 Å². The van der Waals surface area contributed by atoms with Crippen LogP contribution in [0.3, 0.4) is 0 Å². The molecule has 0 radical (unpaired) electrons. The van der Waals surface area contributed by atoms with Crippen molar-refractivity contribution in [3.63, 3.8) is 0 Å². The van der Waals surface area contributed by atoms with E-state index in [-0.39, 0.29) is 29.7 Å². The molecular formula is C29H37ClN6O3. The zero-order chi connectivity index (χ0) is 27.4. The SMILES string of the molecule is CC1(N2CCC(O)CC2)CCN(c2ccc(C(=O)NC3CCC(Oc4ccc(C#N)c(Cl)c4)CC3)nn2)CC1. The van der Waals surface area contributed by atoms with E-state index in [2.05, 4.69) is 38.3 Å². The molecule has 1 saturated carbocycles. The molecule has 3 fully saturated rings. The number of aliphatic hydroxyl groups is 1. The van der Waals surface area contributed by atoms with E-state index in [1.54, 1.807) is 24.3 Å². The van der Waals surface area contributed by atoms with E-state index >= 15 is 0 Å². The fourth-order valence-corrected chi connectivity index (χ4v) is 6.20. The number of amides is 1. The Hall–Kier alpha value is -2.93. The molecule has 0 atom stereocenters. The van der Waals surface area contributed by atoms with Crippen LogP contribution in [0.4, 0.5) is 5.82 Å². The standard InChI is InChI=1S/C29H37ClN6O3/c1-29(36-14-10-22(37)11-15-36)12-16-35(17-13-29)27-9-8-26(33-34-27)28(38)32-21-3-6-23(7-4-21)39-24-5-2-20(19-31)25(30)18-24/h2,5,8-9,18,21-23,37H,3-4,6-7,10-17H2,1H3,(H,32,38). The fraction of sp³-hybridized carbons (Fsp3) is 0.586. The number of nitrogens with one attached hydrogen (secondary N) is 1. The lowest BCUT2D eigenvalue weighted by molar-refractivity contribution is 0.0112. The van der Waals surface area contributed by atoms with Gasteiger partial charge in [-0.3, -0.25) is 9.69 Å². The van der Waals surface area contributed by atoms with Gasteiger partial charge in [-0.15, -0.1) is 10.2 Å². The summed E-state index contributed by atoms with van der Waals surface area (Å²) >= 11 is 6.11. The number of nitrogens with zero attached hydrogens (tertiary/aromatic N) is 5. The summed E-state index contributed by atoms with van der Waals surface area (Å²) < 4.78 is 6.05. The van der Waals surface area contributed by atoms with Gasteiger partial charge in [0.2, 0.25) is 0 Å². The summed E-state index contributed by atoms with van der Waals surface area (Å²) in [5.41, 5.74) is 0.918. The number of carbonyl (C=O) groups excluding carboxylic acids is 1. The molecule has 2 N–H and O–H groups in total. The monoisotopic (exact) mass is 552 g/mol. The third kappa shape index (κ3) is 6.63. The zero-order valence-electron chi connectivity index (χ0n) is 22.5. The molecule has 208 valence electrons. The molecule has 10 heteroatoms. The molecule has 0 bridgehead atoms. The predicted molar refractivity (Wildman–Crippen MR) is 149 cm³/mol. The van der Waals surface area contributed by atoms with Crippen molar-refractivity contribution in [2.45, 2.75) is 82.1 Å². The molecule has 3 heterocycles. The number of benzene rings is 1. The van der Waals surface area contributed by atoms with Gasteiger partial charge in [0.1, 0.15) is 11.8 Å². The Kier molecular flexibility index (Phi) is 8.55. The van der Waals surface area contributed by atoms with Crippen LogP contribution in [0.25, 0.3) is 0 Å². The van der Waals surface area contributed by atoms with E-state index < -0.39 is 0 Å². The maximum Gasteiger partial charge on any atom is 0.272 e. The second-order valence-corrected chi connectivity index (χ2v) is 11.7. The zero-order valence-corrected chi connectivity index (χ0v) is 23.2. The van der Waals surface area contributed by atoms with Crippen molar-refractivity contribution in [2.24, 2.45) is 0 Å². The number of piperidine rings is 2. The van der Waals surface area contributed by atoms with E-state index in [1.807, 2.05) is 6.07 Å². The molecule has 1 aromatic carbocycles. The first-order valence-corrected chi connectivity index (χ1v) is 14.4. The Morgan fingerprint density at radius 1 is 1.08 bits per heavy atom. The summed E-state index contributed by atoms with van der Waals surface area (Å²) in [4.78, 5) is 17.6. The van der Waals surface area contributed by atoms with Crippen molar-refractivity contribution in [3.8, 4) is 11.8 Å². The van der Waals surface area contributed by atoms with Crippen molar-refractivity contribution in [2.75, 3.05) is 31.1 Å². The lowest BCUT2D eigenvalue weighted by atomic mass is 9.86. The molecule has 9 nitrogen and oxygen atoms in total. The lowest BCUT2D eigenvalue weighted by Crippen LogP contribution is -2.56. The quantitative estimate of drug-likeness (QED) is 0.554. The smallest absolute Gasteiger partial charge is 0.272 e. The number of hydrogen-bond acceptors (Lipinski definition) is 8. The Bertz CT molecular complexity index is 1180. The minimum atomic E-state index is -0.198. The van der Waals surface area contributed by atoms with Gasteiger partial charge in [-0.05, 0) is 82.6 Å². The molecule has 2 aromatic rings. The summed E-state index contributed by atoms with van der Waals surface area (Å²) in [6.07, 6.45) is 6.96. The van der Waals surface area contributed by atoms with Gasteiger partial charge in [0.25, 0.3) is 5.91 Å². The largest absolute Gasteiger partial charge is 0.490 e. The third-order valence-electron chi connectivity index (χ3n) is 8.65. The number of aliphatic hydroxyl groups excluding tert-OH is 1. The number of ether oxygens (including phenoxy) is 1. The number of hydrogen-bond donors (Lipinski definition) is 2. The van der Waals surface area contributed by atoms with Gasteiger partial charge in [0.15, 0.2) is 11.5 Å². The highest BCUT2D eigenvalue weighted by Crippen LogP contribution is 2.32. The van der Waals surface area contributed by atoms with Gasteiger partial charge in [0, 0.05) is 43.8 Å². The van der Waals surface area contributed by atoms with Crippen molar-refractivity contribution >= 4 is 23.3 Å². The normalized spacial score (nSPS) is 24.1. The Morgan fingerprint density at radius 2 is 1.79 bits per heavy atom. The first kappa shape index (κ1) is 27.6. The van der Waals surface area contributed by atoms with Crippen molar-refractivity contribution in [3.05, 3.63) is 46.6 Å². The average molecular weight is 553 g/mol. The van der Waals surface area contributed by atoms with Gasteiger partial charge in [0.05, 0.1) is 22.8 Å². The van der Waals surface area contributed by atoms with Crippen LogP contribution in [-0.4, -0.2) is 76.1 Å². The van der Waals surface area contributed by atoms with Crippen molar-refractivity contribution in [1.29, 1.82) is 5.26 Å². The molecule has 39 heavy (non-hydrogen) atoms. The van der Waals surface area contributed by atoms with Gasteiger partial charge < -0.3 is 20.1 Å². The van der Waals surface area contributed by atoms with Crippen LogP contribution < -0.4 is 15.0 Å². The van der Waals surface area contributed by atoms with Crippen LogP contribution in [0.1, 0.15) is 74.3 Å². The summed E-state index contributed by atoms with van der Waals surface area (Å²) in [5, 5.41) is 31.0. The van der Waals surface area contributed by atoms with Crippen LogP contribution >= 0.6 is 11.6 Å². The minimum Gasteiger partial charge on any atom is -0.490 e. The minimum absolute atomic E-state index is 0.0501. The van der Waals surface area contributed by atoms with Crippen LogP contribution in [0.5, 0.6) is 5.75 Å². The molecule has 1 aliphatic carbocycles. The van der Waals surface area contributed by atoms with Crippen LogP contribution in [0, 0.1) is 11.3 Å². The Balaban J connectivity index is 1.07. The number of rotatable bonds is 6. The lowest BCUT2D eigenvalue weighted by Gasteiger charge is -2.49. The molecule has 2 aliphatic heterocycles. The first-order valence-electron chi connectivity index (χ1n) is 14.0. The van der Waals surface area contributed by atoms with E-state index in [1.165, 1.54) is 0 Å². The summed E-state index contributed by atoms with van der Waals surface area (Å²) in [7, 11) is 0. The molecule has 3 aliphatic rings. The number of likely N-dealkylation sites (tertiary alicyclic amines) is 1. The molecular weight excluding hydrogens is 516 g/mol. The summed E-state index contributed by atoms with van der Waals surface area (Å²) in [6.45, 7) is 6.05. The summed E-state index contributed by atoms with van der Waals surface area (Å²) in [6, 6.07) is 10.9. The van der Waals surface area contributed by atoms with E-state index in [9.17, 15) is 9.90 Å². The molecule has 2 saturated heterocycles. The molecule has 5 rings (SSSR count). The number of halogens is 1. The fourth-order valence-electron chi connectivity index (χ4n) is 5.99. The van der Waals surface area contributed by atoms with Crippen LogP contribution in [0.15, 0.2) is 30.3 Å². The highest BCUT2D eigenvalue weighted by molar-refractivity contribution is 6.31. The number of carbonyl (C=O) groups is 1. The Labute approximate surface area is 235 Å². The number of anilines is 1. The first-order chi connectivity index (χ1) is 18.8.